The van der Waals surface area contributed by atoms with Crippen LogP contribution in [0.25, 0.3) is 0 Å². The average Bonchev–Trinajstić information content (AvgIpc) is 2.56. The molecular weight excluding hydrogens is 158 g/mol. The minimum Gasteiger partial charge on any atom is -0.298 e. The highest BCUT2D eigenvalue weighted by molar-refractivity contribution is 7.99. The van der Waals surface area contributed by atoms with Gasteiger partial charge in [-0.05, 0) is 19.2 Å². The molecule has 2 aliphatic heterocycles. The second-order valence-electron chi connectivity index (χ2n) is 3.43. The number of likely N-dealkylation sites (N-methyl/N-ethyl adjacent to an activating group) is 1. The fourth-order valence-electron chi connectivity index (χ4n) is 2.00. The van der Waals surface area contributed by atoms with E-state index >= 15 is 0 Å². The number of nitrogens with zero attached hydrogens (tertiary/aromatic N) is 1. The van der Waals surface area contributed by atoms with E-state index < -0.39 is 0 Å². The lowest BCUT2D eigenvalue weighted by molar-refractivity contribution is -0.123. The first-order chi connectivity index (χ1) is 5.26. The van der Waals surface area contributed by atoms with Gasteiger partial charge in [0.25, 0.3) is 0 Å². The van der Waals surface area contributed by atoms with E-state index in [2.05, 4.69) is 11.9 Å². The molecule has 0 bridgehead atoms. The fraction of sp³-hybridized carbons (Fsp3) is 0.875. The van der Waals surface area contributed by atoms with Crippen molar-refractivity contribution in [3.63, 3.8) is 0 Å². The van der Waals surface area contributed by atoms with Crippen molar-refractivity contribution in [3.8, 4) is 0 Å². The first-order valence-corrected chi connectivity index (χ1v) is 5.23. The Morgan fingerprint density at radius 1 is 1.64 bits per heavy atom. The summed E-state index contributed by atoms with van der Waals surface area (Å²) in [6.45, 7) is 0.972. The van der Waals surface area contributed by atoms with Gasteiger partial charge in [-0.15, -0.1) is 0 Å². The largest absolute Gasteiger partial charge is 0.298 e. The number of carbonyl (C=O) groups excluding carboxylic acids is 1. The van der Waals surface area contributed by atoms with Crippen molar-refractivity contribution in [2.75, 3.05) is 25.1 Å². The number of thioether (sulfide) groups is 1. The molecule has 0 radical (unpaired) electrons. The number of carbonyl (C=O) groups is 1. The predicted molar refractivity (Wildman–Crippen MR) is 46.9 cm³/mol. The normalized spacial score (nSPS) is 39.2. The SMILES string of the molecule is CN1CCC(=O)C12CCSC2. The summed E-state index contributed by atoms with van der Waals surface area (Å²) in [5, 5.41) is 0. The first kappa shape index (κ1) is 7.62. The summed E-state index contributed by atoms with van der Waals surface area (Å²) < 4.78 is 0. The van der Waals surface area contributed by atoms with Crippen LogP contribution in [-0.4, -0.2) is 41.3 Å². The Balaban J connectivity index is 2.26. The van der Waals surface area contributed by atoms with Crippen LogP contribution in [0.4, 0.5) is 0 Å². The van der Waals surface area contributed by atoms with Crippen molar-refractivity contribution in [1.82, 2.24) is 4.90 Å². The topological polar surface area (TPSA) is 20.3 Å². The molecule has 1 unspecified atom stereocenters. The van der Waals surface area contributed by atoms with Gasteiger partial charge in [-0.1, -0.05) is 0 Å². The summed E-state index contributed by atoms with van der Waals surface area (Å²) in [6.07, 6.45) is 1.85. The zero-order valence-corrected chi connectivity index (χ0v) is 7.62. The molecule has 2 heterocycles. The van der Waals surface area contributed by atoms with Gasteiger partial charge >= 0.3 is 0 Å². The summed E-state index contributed by atoms with van der Waals surface area (Å²) in [7, 11) is 2.08. The second-order valence-corrected chi connectivity index (χ2v) is 4.53. The molecule has 1 spiro atoms. The number of Topliss-reactive ketones (excluding diaryl/α,β-unsaturated/α-hetero) is 1. The summed E-state index contributed by atoms with van der Waals surface area (Å²) in [5.74, 6) is 2.67. The quantitative estimate of drug-likeness (QED) is 0.537. The molecule has 11 heavy (non-hydrogen) atoms. The molecule has 0 aliphatic carbocycles. The zero-order chi connectivity index (χ0) is 7.90. The third-order valence-corrected chi connectivity index (χ3v) is 4.10. The minimum atomic E-state index is -0.0370. The highest BCUT2D eigenvalue weighted by Gasteiger charge is 2.48. The molecule has 0 aromatic rings. The molecule has 3 heteroatoms. The Morgan fingerprint density at radius 2 is 2.45 bits per heavy atom. The average molecular weight is 171 g/mol. The second kappa shape index (κ2) is 2.49. The summed E-state index contributed by atoms with van der Waals surface area (Å²) in [6, 6.07) is 0. The van der Waals surface area contributed by atoms with Crippen molar-refractivity contribution in [2.24, 2.45) is 0 Å². The summed E-state index contributed by atoms with van der Waals surface area (Å²) >= 11 is 1.92. The molecule has 0 aromatic carbocycles. The molecule has 2 saturated heterocycles. The van der Waals surface area contributed by atoms with Crippen molar-refractivity contribution in [1.29, 1.82) is 0 Å². The lowest BCUT2D eigenvalue weighted by Gasteiger charge is -2.28. The highest BCUT2D eigenvalue weighted by Crippen LogP contribution is 2.37. The third kappa shape index (κ3) is 0.942. The summed E-state index contributed by atoms with van der Waals surface area (Å²) in [4.78, 5) is 13.8. The molecule has 1 atom stereocenters. The lowest BCUT2D eigenvalue weighted by Crippen LogP contribution is -2.46. The monoisotopic (exact) mass is 171 g/mol. The number of hydrogen-bond acceptors (Lipinski definition) is 3. The molecule has 2 fully saturated rings. The van der Waals surface area contributed by atoms with Gasteiger partial charge in [-0.2, -0.15) is 11.8 Å². The van der Waals surface area contributed by atoms with E-state index in [0.29, 0.717) is 5.78 Å². The molecule has 0 saturated carbocycles. The van der Waals surface area contributed by atoms with E-state index in [1.54, 1.807) is 0 Å². The standard InChI is InChI=1S/C8H13NOS/c1-9-4-2-7(10)8(9)3-5-11-6-8/h2-6H2,1H3. The molecular formula is C8H13NOS. The van der Waals surface area contributed by atoms with Crippen LogP contribution in [0.15, 0.2) is 0 Å². The van der Waals surface area contributed by atoms with Crippen LogP contribution < -0.4 is 0 Å². The molecule has 2 rings (SSSR count). The van der Waals surface area contributed by atoms with Gasteiger partial charge < -0.3 is 0 Å². The van der Waals surface area contributed by atoms with E-state index in [0.717, 1.165) is 30.9 Å². The van der Waals surface area contributed by atoms with E-state index in [9.17, 15) is 4.79 Å². The molecule has 0 aromatic heterocycles. The number of hydrogen-bond donors (Lipinski definition) is 0. The van der Waals surface area contributed by atoms with E-state index in [1.807, 2.05) is 11.8 Å². The fourth-order valence-corrected chi connectivity index (χ4v) is 3.49. The van der Waals surface area contributed by atoms with Crippen molar-refractivity contribution < 1.29 is 4.79 Å². The first-order valence-electron chi connectivity index (χ1n) is 4.08. The van der Waals surface area contributed by atoms with Gasteiger partial charge in [-0.3, -0.25) is 9.69 Å². The number of rotatable bonds is 0. The van der Waals surface area contributed by atoms with Crippen LogP contribution in [-0.2, 0) is 4.79 Å². The van der Waals surface area contributed by atoms with Crippen molar-refractivity contribution >= 4 is 17.5 Å². The molecule has 0 N–H and O–H groups in total. The smallest absolute Gasteiger partial charge is 0.155 e. The van der Waals surface area contributed by atoms with Crippen LogP contribution in [0.1, 0.15) is 12.8 Å². The van der Waals surface area contributed by atoms with Crippen LogP contribution in [0.3, 0.4) is 0 Å². The molecule has 62 valence electrons. The van der Waals surface area contributed by atoms with E-state index in [-0.39, 0.29) is 5.54 Å². The zero-order valence-electron chi connectivity index (χ0n) is 6.80. The number of likely N-dealkylation sites (tertiary alicyclic amines) is 1. The predicted octanol–water partition coefficient (Wildman–Crippen LogP) is 0.767. The van der Waals surface area contributed by atoms with Gasteiger partial charge in [0.1, 0.15) is 0 Å². The van der Waals surface area contributed by atoms with E-state index in [4.69, 9.17) is 0 Å². The molecule has 0 amide bonds. The van der Waals surface area contributed by atoms with Crippen LogP contribution in [0.2, 0.25) is 0 Å². The third-order valence-electron chi connectivity index (χ3n) is 2.92. The van der Waals surface area contributed by atoms with Gasteiger partial charge in [0.15, 0.2) is 5.78 Å². The van der Waals surface area contributed by atoms with Gasteiger partial charge in [0, 0.05) is 18.7 Å². The Kier molecular flexibility index (Phi) is 1.72. The Hall–Kier alpha value is -0.0200. The van der Waals surface area contributed by atoms with E-state index in [1.165, 1.54) is 0 Å². The highest BCUT2D eigenvalue weighted by atomic mass is 32.2. The van der Waals surface area contributed by atoms with Gasteiger partial charge in [0.2, 0.25) is 0 Å². The maximum absolute atomic E-state index is 11.6. The van der Waals surface area contributed by atoms with Crippen molar-refractivity contribution in [2.45, 2.75) is 18.4 Å². The Bertz CT molecular complexity index is 187. The van der Waals surface area contributed by atoms with Gasteiger partial charge in [-0.25, -0.2) is 0 Å². The van der Waals surface area contributed by atoms with Crippen LogP contribution in [0.5, 0.6) is 0 Å². The van der Waals surface area contributed by atoms with Crippen LogP contribution >= 0.6 is 11.8 Å². The van der Waals surface area contributed by atoms with Gasteiger partial charge in [0.05, 0.1) is 5.54 Å². The maximum atomic E-state index is 11.6. The Labute approximate surface area is 71.3 Å². The molecule has 2 nitrogen and oxygen atoms in total. The molecule has 2 aliphatic rings. The minimum absolute atomic E-state index is 0.0370. The Morgan fingerprint density at radius 3 is 2.91 bits per heavy atom. The maximum Gasteiger partial charge on any atom is 0.155 e. The van der Waals surface area contributed by atoms with Crippen LogP contribution in [0, 0.1) is 0 Å². The number of ketones is 1. The lowest BCUT2D eigenvalue weighted by atomic mass is 9.95. The summed E-state index contributed by atoms with van der Waals surface area (Å²) in [5.41, 5.74) is -0.0370. The van der Waals surface area contributed by atoms with Crippen molar-refractivity contribution in [3.05, 3.63) is 0 Å².